The maximum atomic E-state index is 13.6. The maximum absolute atomic E-state index is 13.6. The van der Waals surface area contributed by atoms with Gasteiger partial charge in [-0.05, 0) is 31.2 Å². The zero-order valence-corrected chi connectivity index (χ0v) is 10.5. The quantitative estimate of drug-likeness (QED) is 0.669. The van der Waals surface area contributed by atoms with Gasteiger partial charge in [-0.2, -0.15) is 0 Å². The van der Waals surface area contributed by atoms with E-state index in [1.807, 2.05) is 0 Å². The molecule has 0 atom stereocenters. The Morgan fingerprint density at radius 2 is 1.85 bits per heavy atom. The molecular weight excluding hydrogens is 264 g/mol. The lowest BCUT2D eigenvalue weighted by molar-refractivity contribution is 0.100. The third-order valence-electron chi connectivity index (χ3n) is 2.93. The van der Waals surface area contributed by atoms with E-state index in [-0.39, 0.29) is 5.76 Å². The van der Waals surface area contributed by atoms with Crippen LogP contribution in [0.15, 0.2) is 40.8 Å². The second kappa shape index (κ2) is 4.52. The molecule has 0 aliphatic carbocycles. The van der Waals surface area contributed by atoms with E-state index in [1.165, 1.54) is 12.1 Å². The topological polar surface area (TPSA) is 43.1 Å². The average Bonchev–Trinajstić information content (AvgIpc) is 2.81. The van der Waals surface area contributed by atoms with Crippen LogP contribution in [0.5, 0.6) is 0 Å². The van der Waals surface area contributed by atoms with Crippen molar-refractivity contribution in [2.24, 2.45) is 0 Å². The number of fused-ring (bicyclic) bond motifs is 1. The van der Waals surface area contributed by atoms with Gasteiger partial charge in [0.2, 0.25) is 5.78 Å². The molecule has 0 N–H and O–H groups in total. The SMILES string of the molecule is Cc1ccc2oc(C(=O)c3c(F)cccc3F)cc2n1. The van der Waals surface area contributed by atoms with Crippen LogP contribution >= 0.6 is 0 Å². The molecule has 100 valence electrons. The molecule has 20 heavy (non-hydrogen) atoms. The van der Waals surface area contributed by atoms with E-state index in [1.54, 1.807) is 19.1 Å². The van der Waals surface area contributed by atoms with Crippen molar-refractivity contribution in [3.63, 3.8) is 0 Å². The van der Waals surface area contributed by atoms with E-state index < -0.39 is 23.0 Å². The highest BCUT2D eigenvalue weighted by molar-refractivity contribution is 6.09. The summed E-state index contributed by atoms with van der Waals surface area (Å²) >= 11 is 0. The highest BCUT2D eigenvalue weighted by atomic mass is 19.1. The van der Waals surface area contributed by atoms with Crippen LogP contribution in [0.25, 0.3) is 11.1 Å². The van der Waals surface area contributed by atoms with Gasteiger partial charge in [0.1, 0.15) is 17.2 Å². The lowest BCUT2D eigenvalue weighted by atomic mass is 10.1. The number of furan rings is 1. The van der Waals surface area contributed by atoms with E-state index in [0.29, 0.717) is 11.1 Å². The molecule has 2 heterocycles. The summed E-state index contributed by atoms with van der Waals surface area (Å²) in [6, 6.07) is 8.03. The molecule has 0 saturated carbocycles. The largest absolute Gasteiger partial charge is 0.451 e. The van der Waals surface area contributed by atoms with Gasteiger partial charge in [-0.25, -0.2) is 13.8 Å². The number of carbonyl (C=O) groups is 1. The fourth-order valence-corrected chi connectivity index (χ4v) is 1.98. The maximum Gasteiger partial charge on any atom is 0.234 e. The van der Waals surface area contributed by atoms with E-state index >= 15 is 0 Å². The monoisotopic (exact) mass is 273 g/mol. The molecule has 3 nitrogen and oxygen atoms in total. The van der Waals surface area contributed by atoms with E-state index in [0.717, 1.165) is 17.8 Å². The van der Waals surface area contributed by atoms with Crippen molar-refractivity contribution in [2.75, 3.05) is 0 Å². The van der Waals surface area contributed by atoms with E-state index in [2.05, 4.69) is 4.98 Å². The Bertz CT molecular complexity index is 804. The number of hydrogen-bond acceptors (Lipinski definition) is 3. The summed E-state index contributed by atoms with van der Waals surface area (Å²) < 4.78 is 32.5. The first-order chi connectivity index (χ1) is 9.56. The Kier molecular flexibility index (Phi) is 2.82. The van der Waals surface area contributed by atoms with E-state index in [4.69, 9.17) is 4.42 Å². The van der Waals surface area contributed by atoms with Crippen LogP contribution in [-0.2, 0) is 0 Å². The fourth-order valence-electron chi connectivity index (χ4n) is 1.98. The molecule has 3 aromatic rings. The average molecular weight is 273 g/mol. The summed E-state index contributed by atoms with van der Waals surface area (Å²) in [7, 11) is 0. The number of hydrogen-bond donors (Lipinski definition) is 0. The lowest BCUT2D eigenvalue weighted by Gasteiger charge is -2.00. The Hall–Kier alpha value is -2.56. The molecule has 0 amide bonds. The van der Waals surface area contributed by atoms with Crippen LogP contribution in [0.2, 0.25) is 0 Å². The number of aryl methyl sites for hydroxylation is 1. The van der Waals surface area contributed by atoms with Gasteiger partial charge < -0.3 is 4.42 Å². The first kappa shape index (κ1) is 12.5. The van der Waals surface area contributed by atoms with Gasteiger partial charge in [0.15, 0.2) is 11.3 Å². The first-order valence-corrected chi connectivity index (χ1v) is 5.92. The van der Waals surface area contributed by atoms with Crippen LogP contribution in [0.3, 0.4) is 0 Å². The summed E-state index contributed by atoms with van der Waals surface area (Å²) in [4.78, 5) is 16.3. The normalized spacial score (nSPS) is 10.9. The first-order valence-electron chi connectivity index (χ1n) is 5.92. The number of nitrogens with zero attached hydrogens (tertiary/aromatic N) is 1. The molecule has 0 aliphatic heterocycles. The van der Waals surface area contributed by atoms with Crippen LogP contribution < -0.4 is 0 Å². The molecule has 5 heteroatoms. The summed E-state index contributed by atoms with van der Waals surface area (Å²) in [6.07, 6.45) is 0. The molecule has 0 saturated heterocycles. The number of carbonyl (C=O) groups excluding carboxylic acids is 1. The van der Waals surface area contributed by atoms with Crippen LogP contribution in [0, 0.1) is 18.6 Å². The van der Waals surface area contributed by atoms with Gasteiger partial charge >= 0.3 is 0 Å². The summed E-state index contributed by atoms with van der Waals surface area (Å²) in [5, 5.41) is 0. The number of pyridine rings is 1. The standard InChI is InChI=1S/C15H9F2NO2/c1-8-5-6-12-11(18-8)7-13(20-12)15(19)14-9(16)3-2-4-10(14)17/h2-7H,1H3. The number of halogens is 2. The minimum Gasteiger partial charge on any atom is -0.451 e. The van der Waals surface area contributed by atoms with Crippen LogP contribution in [0.1, 0.15) is 21.8 Å². The van der Waals surface area contributed by atoms with Crippen molar-refractivity contribution in [1.29, 1.82) is 0 Å². The molecule has 3 rings (SSSR count). The molecule has 0 fully saturated rings. The number of aromatic nitrogens is 1. The van der Waals surface area contributed by atoms with Crippen molar-refractivity contribution in [1.82, 2.24) is 4.98 Å². The molecule has 2 aromatic heterocycles. The van der Waals surface area contributed by atoms with Gasteiger partial charge in [0, 0.05) is 11.8 Å². The van der Waals surface area contributed by atoms with Crippen molar-refractivity contribution in [3.05, 3.63) is 65.1 Å². The van der Waals surface area contributed by atoms with Crippen molar-refractivity contribution < 1.29 is 18.0 Å². The minimum atomic E-state index is -0.917. The third-order valence-corrected chi connectivity index (χ3v) is 2.93. The molecule has 0 aliphatic rings. The highest BCUT2D eigenvalue weighted by Crippen LogP contribution is 2.22. The van der Waals surface area contributed by atoms with Gasteiger partial charge in [0.25, 0.3) is 0 Å². The summed E-state index contributed by atoms with van der Waals surface area (Å²) in [6.45, 7) is 1.80. The molecule has 0 unspecified atom stereocenters. The van der Waals surface area contributed by atoms with Crippen LogP contribution in [-0.4, -0.2) is 10.8 Å². The van der Waals surface area contributed by atoms with Gasteiger partial charge in [0.05, 0.1) is 5.56 Å². The zero-order chi connectivity index (χ0) is 14.3. The molecule has 1 aromatic carbocycles. The molecule has 0 spiro atoms. The van der Waals surface area contributed by atoms with Crippen molar-refractivity contribution in [3.8, 4) is 0 Å². The predicted octanol–water partition coefficient (Wildman–Crippen LogP) is 3.65. The second-order valence-corrected chi connectivity index (χ2v) is 4.37. The number of rotatable bonds is 2. The number of ketones is 1. The molecule has 0 bridgehead atoms. The predicted molar refractivity (Wildman–Crippen MR) is 68.5 cm³/mol. The number of benzene rings is 1. The third kappa shape index (κ3) is 1.97. The second-order valence-electron chi connectivity index (χ2n) is 4.37. The fraction of sp³-hybridized carbons (Fsp3) is 0.0667. The van der Waals surface area contributed by atoms with E-state index in [9.17, 15) is 13.6 Å². The van der Waals surface area contributed by atoms with Crippen molar-refractivity contribution >= 4 is 16.9 Å². The Labute approximate surface area is 112 Å². The van der Waals surface area contributed by atoms with Crippen molar-refractivity contribution in [2.45, 2.75) is 6.92 Å². The Morgan fingerprint density at radius 1 is 1.15 bits per heavy atom. The highest BCUT2D eigenvalue weighted by Gasteiger charge is 2.22. The zero-order valence-electron chi connectivity index (χ0n) is 10.5. The lowest BCUT2D eigenvalue weighted by Crippen LogP contribution is -2.06. The summed E-state index contributed by atoms with van der Waals surface area (Å²) in [5.74, 6) is -2.81. The molecular formula is C15H9F2NO2. The Balaban J connectivity index is 2.13. The van der Waals surface area contributed by atoms with Crippen LogP contribution in [0.4, 0.5) is 8.78 Å². The van der Waals surface area contributed by atoms with Gasteiger partial charge in [-0.15, -0.1) is 0 Å². The molecule has 0 radical (unpaired) electrons. The van der Waals surface area contributed by atoms with Gasteiger partial charge in [-0.3, -0.25) is 4.79 Å². The van der Waals surface area contributed by atoms with Gasteiger partial charge in [-0.1, -0.05) is 6.07 Å². The minimum absolute atomic E-state index is 0.137. The Morgan fingerprint density at radius 3 is 2.55 bits per heavy atom. The summed E-state index contributed by atoms with van der Waals surface area (Å²) in [5.41, 5.74) is 1.01. The smallest absolute Gasteiger partial charge is 0.234 e.